The lowest BCUT2D eigenvalue weighted by molar-refractivity contribution is 0.395. The smallest absolute Gasteiger partial charge is 0.144 e. The average molecular weight is 233 g/mol. The zero-order chi connectivity index (χ0) is 12.3. The molecule has 1 aromatic carbocycles. The van der Waals surface area contributed by atoms with Crippen LogP contribution in [-0.2, 0) is 6.54 Å². The molecule has 1 N–H and O–H groups in total. The average Bonchev–Trinajstić information content (AvgIpc) is 2.81. The second kappa shape index (κ2) is 5.10. The summed E-state index contributed by atoms with van der Waals surface area (Å²) in [5.41, 5.74) is 5.49. The van der Waals surface area contributed by atoms with E-state index in [2.05, 4.69) is 53.7 Å². The number of ether oxygens (including phenoxy) is 1. The van der Waals surface area contributed by atoms with Crippen LogP contribution in [-0.4, -0.2) is 32.6 Å². The Kier molecular flexibility index (Phi) is 3.54. The predicted octanol–water partition coefficient (Wildman–Crippen LogP) is 1.60. The van der Waals surface area contributed by atoms with Crippen LogP contribution < -0.4 is 15.2 Å². The number of anilines is 1. The topological polar surface area (TPSA) is 27.7 Å². The summed E-state index contributed by atoms with van der Waals surface area (Å²) in [5, 5.41) is 2.05. The Labute approximate surface area is 102 Å². The van der Waals surface area contributed by atoms with Gasteiger partial charge < -0.3 is 15.1 Å². The fraction of sp³-hybridized carbons (Fsp3) is 0.385. The maximum Gasteiger partial charge on any atom is 0.144 e. The van der Waals surface area contributed by atoms with Crippen molar-refractivity contribution >= 4 is 5.69 Å². The molecule has 0 saturated heterocycles. The molecule has 0 aromatic heterocycles. The number of nitrogens with one attached hydrogen (secondary N) is 1. The maximum atomic E-state index is 5.45. The fourth-order valence-electron chi connectivity index (χ4n) is 1.93. The van der Waals surface area contributed by atoms with Crippen molar-refractivity contribution in [2.75, 3.05) is 32.8 Å². The molecule has 1 aliphatic heterocycles. The van der Waals surface area contributed by atoms with Gasteiger partial charge in [-0.25, -0.2) is 0 Å². The summed E-state index contributed by atoms with van der Waals surface area (Å²) in [6.45, 7) is 1.78. The first-order valence-corrected chi connectivity index (χ1v) is 5.71. The van der Waals surface area contributed by atoms with Gasteiger partial charge in [-0.15, -0.1) is 0 Å². The van der Waals surface area contributed by atoms with Gasteiger partial charge in [0.1, 0.15) is 5.75 Å². The van der Waals surface area contributed by atoms with Gasteiger partial charge in [-0.05, 0) is 37.9 Å². The summed E-state index contributed by atoms with van der Waals surface area (Å²) in [7, 11) is 5.83. The Bertz CT molecular complexity index is 407. The van der Waals surface area contributed by atoms with Crippen LogP contribution in [0.15, 0.2) is 30.5 Å². The molecule has 1 heterocycles. The molecule has 0 radical (unpaired) electrons. The molecule has 0 unspecified atom stereocenters. The molecule has 0 saturated carbocycles. The SMILES string of the molecule is COc1cc(CN(C)C)ccc1N1CC=CN1. The van der Waals surface area contributed by atoms with Gasteiger partial charge in [-0.1, -0.05) is 6.07 Å². The maximum absolute atomic E-state index is 5.45. The molecule has 0 fully saturated rings. The summed E-state index contributed by atoms with van der Waals surface area (Å²) in [5.74, 6) is 0.903. The van der Waals surface area contributed by atoms with Gasteiger partial charge in [-0.2, -0.15) is 0 Å². The van der Waals surface area contributed by atoms with Gasteiger partial charge >= 0.3 is 0 Å². The van der Waals surface area contributed by atoms with E-state index in [0.29, 0.717) is 0 Å². The van der Waals surface area contributed by atoms with Crippen molar-refractivity contribution in [3.8, 4) is 5.75 Å². The Morgan fingerprint density at radius 1 is 1.41 bits per heavy atom. The lowest BCUT2D eigenvalue weighted by Gasteiger charge is -2.22. The van der Waals surface area contributed by atoms with Gasteiger partial charge in [0, 0.05) is 12.7 Å². The summed E-state index contributed by atoms with van der Waals surface area (Å²) < 4.78 is 5.45. The number of methoxy groups -OCH3 is 1. The van der Waals surface area contributed by atoms with Crippen molar-refractivity contribution in [1.29, 1.82) is 0 Å². The molecule has 1 aromatic rings. The highest BCUT2D eigenvalue weighted by Crippen LogP contribution is 2.29. The van der Waals surface area contributed by atoms with Crippen LogP contribution >= 0.6 is 0 Å². The fourth-order valence-corrected chi connectivity index (χ4v) is 1.93. The van der Waals surface area contributed by atoms with E-state index >= 15 is 0 Å². The molecular formula is C13H19N3O. The zero-order valence-corrected chi connectivity index (χ0v) is 10.6. The lowest BCUT2D eigenvalue weighted by atomic mass is 10.1. The van der Waals surface area contributed by atoms with Crippen molar-refractivity contribution in [3.05, 3.63) is 36.0 Å². The minimum Gasteiger partial charge on any atom is -0.495 e. The second-order valence-corrected chi connectivity index (χ2v) is 4.39. The number of hydrazine groups is 1. The van der Waals surface area contributed by atoms with Gasteiger partial charge in [0.15, 0.2) is 0 Å². The summed E-state index contributed by atoms with van der Waals surface area (Å²) >= 11 is 0. The van der Waals surface area contributed by atoms with Crippen molar-refractivity contribution in [1.82, 2.24) is 10.3 Å². The van der Waals surface area contributed by atoms with Gasteiger partial charge in [0.25, 0.3) is 0 Å². The van der Waals surface area contributed by atoms with Gasteiger partial charge in [0.2, 0.25) is 0 Å². The lowest BCUT2D eigenvalue weighted by Crippen LogP contribution is -2.29. The standard InChI is InChI=1S/C13H19N3O/c1-15(2)10-11-5-6-12(13(9-11)17-3)16-8-4-7-14-16/h4-7,9,14H,8,10H2,1-3H3. The molecule has 0 atom stereocenters. The molecule has 4 nitrogen and oxygen atoms in total. The van der Waals surface area contributed by atoms with E-state index in [1.165, 1.54) is 5.56 Å². The molecule has 4 heteroatoms. The highest BCUT2D eigenvalue weighted by atomic mass is 16.5. The van der Waals surface area contributed by atoms with Crippen LogP contribution in [0.5, 0.6) is 5.75 Å². The van der Waals surface area contributed by atoms with E-state index in [4.69, 9.17) is 4.74 Å². The minimum absolute atomic E-state index is 0.864. The van der Waals surface area contributed by atoms with Crippen LogP contribution in [0.2, 0.25) is 0 Å². The first-order chi connectivity index (χ1) is 8.20. The molecule has 0 bridgehead atoms. The molecule has 0 amide bonds. The van der Waals surface area contributed by atoms with Crippen LogP contribution in [0.3, 0.4) is 0 Å². The van der Waals surface area contributed by atoms with Crippen LogP contribution in [0.25, 0.3) is 0 Å². The summed E-state index contributed by atoms with van der Waals surface area (Å²) in [6, 6.07) is 6.32. The Balaban J connectivity index is 2.22. The van der Waals surface area contributed by atoms with E-state index in [1.54, 1.807) is 7.11 Å². The van der Waals surface area contributed by atoms with Crippen molar-refractivity contribution < 1.29 is 4.74 Å². The quantitative estimate of drug-likeness (QED) is 0.855. The largest absolute Gasteiger partial charge is 0.495 e. The van der Waals surface area contributed by atoms with Crippen LogP contribution in [0.1, 0.15) is 5.56 Å². The van der Waals surface area contributed by atoms with Crippen LogP contribution in [0, 0.1) is 0 Å². The number of hydrogen-bond donors (Lipinski definition) is 1. The summed E-state index contributed by atoms with van der Waals surface area (Å²) in [6.07, 6.45) is 4.01. The summed E-state index contributed by atoms with van der Waals surface area (Å²) in [4.78, 5) is 2.14. The highest BCUT2D eigenvalue weighted by molar-refractivity contribution is 5.60. The first-order valence-electron chi connectivity index (χ1n) is 5.71. The number of benzene rings is 1. The molecule has 1 aliphatic rings. The van der Waals surface area contributed by atoms with E-state index in [9.17, 15) is 0 Å². The van der Waals surface area contributed by atoms with Crippen LogP contribution in [0.4, 0.5) is 5.69 Å². The number of hydrogen-bond acceptors (Lipinski definition) is 4. The molecule has 0 spiro atoms. The highest BCUT2D eigenvalue weighted by Gasteiger charge is 2.13. The first kappa shape index (κ1) is 11.8. The van der Waals surface area contributed by atoms with Crippen molar-refractivity contribution in [3.63, 3.8) is 0 Å². The van der Waals surface area contributed by atoms with E-state index in [0.717, 1.165) is 24.5 Å². The molecule has 2 rings (SSSR count). The second-order valence-electron chi connectivity index (χ2n) is 4.39. The van der Waals surface area contributed by atoms with Crippen molar-refractivity contribution in [2.24, 2.45) is 0 Å². The minimum atomic E-state index is 0.864. The third-order valence-electron chi connectivity index (χ3n) is 2.67. The van der Waals surface area contributed by atoms with Gasteiger partial charge in [0.05, 0.1) is 19.3 Å². The monoisotopic (exact) mass is 233 g/mol. The normalized spacial score (nSPS) is 14.2. The zero-order valence-electron chi connectivity index (χ0n) is 10.6. The number of nitrogens with zero attached hydrogens (tertiary/aromatic N) is 2. The van der Waals surface area contributed by atoms with E-state index in [1.807, 2.05) is 6.20 Å². The molecule has 17 heavy (non-hydrogen) atoms. The van der Waals surface area contributed by atoms with E-state index < -0.39 is 0 Å². The van der Waals surface area contributed by atoms with Crippen molar-refractivity contribution in [2.45, 2.75) is 6.54 Å². The van der Waals surface area contributed by atoms with Gasteiger partial charge in [-0.3, -0.25) is 5.01 Å². The predicted molar refractivity (Wildman–Crippen MR) is 70.0 cm³/mol. The Morgan fingerprint density at radius 3 is 2.82 bits per heavy atom. The third-order valence-corrected chi connectivity index (χ3v) is 2.67. The van der Waals surface area contributed by atoms with E-state index in [-0.39, 0.29) is 0 Å². The Hall–Kier alpha value is -1.68. The number of rotatable bonds is 4. The Morgan fingerprint density at radius 2 is 2.24 bits per heavy atom. The molecule has 92 valence electrons. The third kappa shape index (κ3) is 2.71. The molecule has 0 aliphatic carbocycles. The molecular weight excluding hydrogens is 214 g/mol.